The Morgan fingerprint density at radius 2 is 2.00 bits per heavy atom. The zero-order chi connectivity index (χ0) is 14.6. The molecule has 0 unspecified atom stereocenters. The highest BCUT2D eigenvalue weighted by Crippen LogP contribution is 2.36. The number of ether oxygens (including phenoxy) is 1. The van der Waals surface area contributed by atoms with E-state index in [-0.39, 0.29) is 5.75 Å². The lowest BCUT2D eigenvalue weighted by molar-refractivity contribution is -0.423. The third-order valence-electron chi connectivity index (χ3n) is 2.07. The van der Waals surface area contributed by atoms with Crippen LogP contribution in [0.3, 0.4) is 0 Å². The summed E-state index contributed by atoms with van der Waals surface area (Å²) in [6, 6.07) is 2.10. The standard InChI is InChI=1S/C9H9N3O6S/c10-5(4-19)9(13)18-7-3-1-2-6(11(14)15)8(7)12(16)17/h1-3,5,19H,4,10H2/t5-/m0/s1. The number of hydrogen-bond acceptors (Lipinski definition) is 8. The number of nitrogens with two attached hydrogens (primary N) is 1. The first-order valence-corrected chi connectivity index (χ1v) is 5.51. The van der Waals surface area contributed by atoms with Crippen LogP contribution in [-0.2, 0) is 4.79 Å². The molecule has 0 heterocycles. The molecule has 0 saturated carbocycles. The molecule has 0 amide bonds. The monoisotopic (exact) mass is 287 g/mol. The van der Waals surface area contributed by atoms with Crippen molar-refractivity contribution in [1.29, 1.82) is 0 Å². The quantitative estimate of drug-likeness (QED) is 0.266. The smallest absolute Gasteiger partial charge is 0.388 e. The highest BCUT2D eigenvalue weighted by molar-refractivity contribution is 7.80. The Hall–Kier alpha value is -2.20. The normalized spacial score (nSPS) is 11.7. The summed E-state index contributed by atoms with van der Waals surface area (Å²) < 4.78 is 4.69. The number of nitro groups is 2. The van der Waals surface area contributed by atoms with Gasteiger partial charge in [0.25, 0.3) is 0 Å². The number of para-hydroxylation sites is 1. The lowest BCUT2D eigenvalue weighted by Crippen LogP contribution is -2.35. The SMILES string of the molecule is N[C@@H](CS)C(=O)Oc1cccc([N+](=O)[O-])c1[N+](=O)[O-]. The summed E-state index contributed by atoms with van der Waals surface area (Å²) >= 11 is 3.77. The summed E-state index contributed by atoms with van der Waals surface area (Å²) in [4.78, 5) is 31.0. The summed E-state index contributed by atoms with van der Waals surface area (Å²) in [5.74, 6) is -1.51. The number of carbonyl (C=O) groups is 1. The van der Waals surface area contributed by atoms with Gasteiger partial charge in [0.15, 0.2) is 0 Å². The second-order valence-electron chi connectivity index (χ2n) is 3.35. The molecule has 0 aliphatic carbocycles. The number of rotatable bonds is 5. The van der Waals surface area contributed by atoms with Gasteiger partial charge in [-0.1, -0.05) is 6.07 Å². The van der Waals surface area contributed by atoms with Gasteiger partial charge in [-0.2, -0.15) is 12.6 Å². The third-order valence-corrected chi connectivity index (χ3v) is 2.46. The van der Waals surface area contributed by atoms with Crippen molar-refractivity contribution in [3.05, 3.63) is 38.4 Å². The molecule has 1 aromatic carbocycles. The summed E-state index contributed by atoms with van der Waals surface area (Å²) in [5.41, 5.74) is 3.67. The van der Waals surface area contributed by atoms with E-state index in [0.717, 1.165) is 12.1 Å². The molecule has 0 bridgehead atoms. The molecule has 0 spiro atoms. The Morgan fingerprint density at radius 1 is 1.37 bits per heavy atom. The lowest BCUT2D eigenvalue weighted by Gasteiger charge is -2.08. The fraction of sp³-hybridized carbons (Fsp3) is 0.222. The van der Waals surface area contributed by atoms with Gasteiger partial charge in [0.05, 0.1) is 9.85 Å². The van der Waals surface area contributed by atoms with Crippen LogP contribution in [-0.4, -0.2) is 27.6 Å². The van der Waals surface area contributed by atoms with Gasteiger partial charge in [-0.05, 0) is 6.07 Å². The summed E-state index contributed by atoms with van der Waals surface area (Å²) in [5, 5.41) is 21.5. The Bertz CT molecular complexity index is 535. The van der Waals surface area contributed by atoms with Crippen molar-refractivity contribution in [3.8, 4) is 5.75 Å². The highest BCUT2D eigenvalue weighted by atomic mass is 32.1. The van der Waals surface area contributed by atoms with Crippen molar-refractivity contribution in [1.82, 2.24) is 0 Å². The van der Waals surface area contributed by atoms with Crippen LogP contribution in [0.2, 0.25) is 0 Å². The van der Waals surface area contributed by atoms with Gasteiger partial charge in [-0.3, -0.25) is 20.2 Å². The van der Waals surface area contributed by atoms with Crippen LogP contribution in [0, 0.1) is 20.2 Å². The average Bonchev–Trinajstić information content (AvgIpc) is 2.36. The number of esters is 1. The van der Waals surface area contributed by atoms with E-state index in [1.54, 1.807) is 0 Å². The van der Waals surface area contributed by atoms with Crippen LogP contribution in [0.4, 0.5) is 11.4 Å². The number of nitro benzene ring substituents is 2. The minimum atomic E-state index is -1.08. The fourth-order valence-electron chi connectivity index (χ4n) is 1.18. The van der Waals surface area contributed by atoms with Gasteiger partial charge >= 0.3 is 17.3 Å². The van der Waals surface area contributed by atoms with Crippen molar-refractivity contribution in [2.75, 3.05) is 5.75 Å². The largest absolute Gasteiger partial charge is 0.418 e. The predicted molar refractivity (Wildman–Crippen MR) is 67.2 cm³/mol. The predicted octanol–water partition coefficient (Wildman–Crippen LogP) is 0.665. The van der Waals surface area contributed by atoms with Crippen molar-refractivity contribution in [2.24, 2.45) is 5.73 Å². The molecule has 9 nitrogen and oxygen atoms in total. The third kappa shape index (κ3) is 3.39. The molecule has 19 heavy (non-hydrogen) atoms. The molecule has 0 aliphatic rings. The van der Waals surface area contributed by atoms with Crippen molar-refractivity contribution >= 4 is 30.0 Å². The Labute approximate surface area is 112 Å². The second-order valence-corrected chi connectivity index (χ2v) is 3.71. The van der Waals surface area contributed by atoms with Crippen LogP contribution in [0.15, 0.2) is 18.2 Å². The molecule has 0 aromatic heterocycles. The van der Waals surface area contributed by atoms with E-state index in [9.17, 15) is 25.0 Å². The second kappa shape index (κ2) is 6.11. The molecule has 0 aliphatic heterocycles. The number of thiol groups is 1. The lowest BCUT2D eigenvalue weighted by atomic mass is 10.2. The first-order valence-electron chi connectivity index (χ1n) is 4.88. The maximum atomic E-state index is 11.4. The van der Waals surface area contributed by atoms with Crippen LogP contribution in [0.1, 0.15) is 0 Å². The molecule has 0 fully saturated rings. The summed E-state index contributed by atoms with van der Waals surface area (Å²) in [6.45, 7) is 0. The fourth-order valence-corrected chi connectivity index (χ4v) is 1.33. The Kier molecular flexibility index (Phi) is 4.78. The molecular weight excluding hydrogens is 278 g/mol. The van der Waals surface area contributed by atoms with Crippen LogP contribution in [0.5, 0.6) is 5.75 Å². The summed E-state index contributed by atoms with van der Waals surface area (Å²) in [7, 11) is 0. The maximum Gasteiger partial charge on any atom is 0.388 e. The molecule has 1 rings (SSSR count). The molecule has 1 aromatic rings. The molecular formula is C9H9N3O6S. The van der Waals surface area contributed by atoms with Crippen LogP contribution >= 0.6 is 12.6 Å². The number of nitrogens with zero attached hydrogens (tertiary/aromatic N) is 2. The van der Waals surface area contributed by atoms with E-state index in [1.165, 1.54) is 6.07 Å². The van der Waals surface area contributed by atoms with Gasteiger partial charge < -0.3 is 10.5 Å². The van der Waals surface area contributed by atoms with Gasteiger partial charge in [0.2, 0.25) is 5.75 Å². The van der Waals surface area contributed by atoms with Crippen molar-refractivity contribution in [3.63, 3.8) is 0 Å². The minimum Gasteiger partial charge on any atom is -0.418 e. The zero-order valence-corrected chi connectivity index (χ0v) is 10.3. The minimum absolute atomic E-state index is 0.0262. The summed E-state index contributed by atoms with van der Waals surface area (Å²) in [6.07, 6.45) is 0. The van der Waals surface area contributed by atoms with Crippen molar-refractivity contribution < 1.29 is 19.4 Å². The van der Waals surface area contributed by atoms with Crippen LogP contribution in [0.25, 0.3) is 0 Å². The van der Waals surface area contributed by atoms with E-state index in [1.807, 2.05) is 0 Å². The van der Waals surface area contributed by atoms with E-state index in [0.29, 0.717) is 0 Å². The van der Waals surface area contributed by atoms with Gasteiger partial charge in [-0.25, -0.2) is 4.79 Å². The molecule has 2 N–H and O–H groups in total. The molecule has 102 valence electrons. The number of carbonyl (C=O) groups excluding carboxylic acids is 1. The molecule has 0 saturated heterocycles. The number of benzene rings is 1. The Balaban J connectivity index is 3.21. The maximum absolute atomic E-state index is 11.4. The number of hydrogen-bond donors (Lipinski definition) is 2. The first-order chi connectivity index (χ1) is 8.88. The highest BCUT2D eigenvalue weighted by Gasteiger charge is 2.31. The first kappa shape index (κ1) is 14.9. The average molecular weight is 287 g/mol. The van der Waals surface area contributed by atoms with Crippen molar-refractivity contribution in [2.45, 2.75) is 6.04 Å². The molecule has 10 heteroatoms. The molecule has 1 atom stereocenters. The van der Waals surface area contributed by atoms with Gasteiger partial charge in [-0.15, -0.1) is 0 Å². The van der Waals surface area contributed by atoms with E-state index < -0.39 is 39.0 Å². The molecule has 0 radical (unpaired) electrons. The van der Waals surface area contributed by atoms with E-state index >= 15 is 0 Å². The Morgan fingerprint density at radius 3 is 2.47 bits per heavy atom. The van der Waals surface area contributed by atoms with E-state index in [4.69, 9.17) is 10.5 Å². The zero-order valence-electron chi connectivity index (χ0n) is 9.38. The van der Waals surface area contributed by atoms with Gasteiger partial charge in [0, 0.05) is 11.8 Å². The topological polar surface area (TPSA) is 139 Å². The van der Waals surface area contributed by atoms with E-state index in [2.05, 4.69) is 12.6 Å². The van der Waals surface area contributed by atoms with Crippen LogP contribution < -0.4 is 10.5 Å². The van der Waals surface area contributed by atoms with Gasteiger partial charge in [0.1, 0.15) is 6.04 Å².